The molecule has 3 aliphatic heterocycles. The standard InChI is InChI=1S/C32H38N6/c1-24-35-29-10-5-6-11-30(29)38(24)28-22-26-12-13-27(23-28)37(26)21-16-32(25-8-3-2-4-9-25)14-19-36(20-15-32)31-33-17-7-18-34-31/h2-11,17-18,26-28H,12-16,19-23H2,1H3/t26-,27+,28+. The molecular formula is C32H38N6. The lowest BCUT2D eigenvalue weighted by atomic mass is 9.70. The molecule has 2 aromatic carbocycles. The lowest BCUT2D eigenvalue weighted by Gasteiger charge is -2.45. The zero-order valence-electron chi connectivity index (χ0n) is 22.4. The van der Waals surface area contributed by atoms with E-state index in [1.165, 1.54) is 55.6 Å². The molecule has 3 saturated heterocycles. The number of benzene rings is 2. The summed E-state index contributed by atoms with van der Waals surface area (Å²) in [6, 6.07) is 23.8. The van der Waals surface area contributed by atoms with Crippen molar-refractivity contribution in [2.75, 3.05) is 24.5 Å². The molecule has 0 unspecified atom stereocenters. The first-order valence-corrected chi connectivity index (χ1v) is 14.5. The summed E-state index contributed by atoms with van der Waals surface area (Å²) in [6.07, 6.45) is 12.4. The van der Waals surface area contributed by atoms with Crippen LogP contribution >= 0.6 is 0 Å². The normalized spacial score (nSPS) is 25.2. The summed E-state index contributed by atoms with van der Waals surface area (Å²) in [6.45, 7) is 5.41. The highest BCUT2D eigenvalue weighted by Crippen LogP contribution is 2.45. The SMILES string of the molecule is Cc1nc2ccccc2n1[C@H]1C[C@H]2CC[C@@H](C1)N2CCC1(c2ccccc2)CCN(c2ncccn2)CC1. The molecule has 6 heteroatoms. The summed E-state index contributed by atoms with van der Waals surface area (Å²) >= 11 is 0. The van der Waals surface area contributed by atoms with Gasteiger partial charge in [-0.05, 0) is 87.6 Å². The minimum absolute atomic E-state index is 0.222. The van der Waals surface area contributed by atoms with Gasteiger partial charge in [-0.15, -0.1) is 0 Å². The quantitative estimate of drug-likeness (QED) is 0.324. The van der Waals surface area contributed by atoms with E-state index < -0.39 is 0 Å². The fraction of sp³-hybridized carbons (Fsp3) is 0.469. The summed E-state index contributed by atoms with van der Waals surface area (Å²) in [5.41, 5.74) is 4.17. The van der Waals surface area contributed by atoms with Crippen LogP contribution in [0.2, 0.25) is 0 Å². The van der Waals surface area contributed by atoms with Crippen molar-refractivity contribution in [3.8, 4) is 0 Å². The van der Waals surface area contributed by atoms with Crippen molar-refractivity contribution >= 4 is 17.0 Å². The van der Waals surface area contributed by atoms with Crippen LogP contribution < -0.4 is 4.90 Å². The van der Waals surface area contributed by atoms with Crippen molar-refractivity contribution in [1.82, 2.24) is 24.4 Å². The Kier molecular flexibility index (Phi) is 6.15. The number of hydrogen-bond donors (Lipinski definition) is 0. The van der Waals surface area contributed by atoms with Gasteiger partial charge in [0.2, 0.25) is 5.95 Å². The van der Waals surface area contributed by atoms with Crippen LogP contribution in [0.25, 0.3) is 11.0 Å². The van der Waals surface area contributed by atoms with E-state index in [2.05, 4.69) is 85.9 Å². The van der Waals surface area contributed by atoms with Crippen LogP contribution in [0, 0.1) is 6.92 Å². The number of aryl methyl sites for hydroxylation is 1. The summed E-state index contributed by atoms with van der Waals surface area (Å²) in [5, 5.41) is 0. The molecule has 0 spiro atoms. The van der Waals surface area contributed by atoms with Crippen LogP contribution in [-0.4, -0.2) is 56.1 Å². The number of hydrogen-bond acceptors (Lipinski definition) is 5. The second kappa shape index (κ2) is 9.81. The third kappa shape index (κ3) is 4.19. The van der Waals surface area contributed by atoms with Crippen LogP contribution in [0.1, 0.15) is 62.4 Å². The average molecular weight is 507 g/mol. The number of fused-ring (bicyclic) bond motifs is 3. The van der Waals surface area contributed by atoms with Crippen molar-refractivity contribution < 1.29 is 0 Å². The third-order valence-corrected chi connectivity index (χ3v) is 9.79. The lowest BCUT2D eigenvalue weighted by molar-refractivity contribution is 0.0937. The molecule has 3 fully saturated rings. The van der Waals surface area contributed by atoms with E-state index in [0.717, 1.165) is 37.4 Å². The number of imidazole rings is 1. The number of nitrogens with zero attached hydrogens (tertiary/aromatic N) is 6. The average Bonchev–Trinajstić information content (AvgIpc) is 3.43. The molecule has 3 atom stereocenters. The van der Waals surface area contributed by atoms with E-state index in [1.807, 2.05) is 18.5 Å². The summed E-state index contributed by atoms with van der Waals surface area (Å²) in [5.74, 6) is 2.04. The monoisotopic (exact) mass is 506 g/mol. The molecule has 0 aliphatic carbocycles. The van der Waals surface area contributed by atoms with Gasteiger partial charge in [-0.2, -0.15) is 0 Å². The molecule has 4 aromatic rings. The first-order valence-electron chi connectivity index (χ1n) is 14.5. The van der Waals surface area contributed by atoms with Crippen molar-refractivity contribution in [3.63, 3.8) is 0 Å². The van der Waals surface area contributed by atoms with Gasteiger partial charge in [0.15, 0.2) is 0 Å². The van der Waals surface area contributed by atoms with E-state index in [9.17, 15) is 0 Å². The predicted octanol–water partition coefficient (Wildman–Crippen LogP) is 5.93. The van der Waals surface area contributed by atoms with Crippen LogP contribution in [0.3, 0.4) is 0 Å². The molecule has 0 radical (unpaired) electrons. The van der Waals surface area contributed by atoms with Gasteiger partial charge in [0, 0.05) is 43.6 Å². The largest absolute Gasteiger partial charge is 0.341 e. The van der Waals surface area contributed by atoms with E-state index in [-0.39, 0.29) is 5.41 Å². The molecule has 2 aromatic heterocycles. The second-order valence-corrected chi connectivity index (χ2v) is 11.7. The van der Waals surface area contributed by atoms with Gasteiger partial charge in [-0.3, -0.25) is 4.90 Å². The topological polar surface area (TPSA) is 50.1 Å². The number of aromatic nitrogens is 4. The van der Waals surface area contributed by atoms with Gasteiger partial charge in [0.1, 0.15) is 5.82 Å². The lowest BCUT2D eigenvalue weighted by Crippen LogP contribution is -2.48. The highest BCUT2D eigenvalue weighted by Gasteiger charge is 2.44. The minimum Gasteiger partial charge on any atom is -0.341 e. The molecule has 0 amide bonds. The summed E-state index contributed by atoms with van der Waals surface area (Å²) in [7, 11) is 0. The second-order valence-electron chi connectivity index (χ2n) is 11.7. The molecular weight excluding hydrogens is 468 g/mol. The van der Waals surface area contributed by atoms with Crippen molar-refractivity contribution in [2.24, 2.45) is 0 Å². The molecule has 7 rings (SSSR count). The Morgan fingerprint density at radius 3 is 2.24 bits per heavy atom. The maximum atomic E-state index is 4.88. The van der Waals surface area contributed by atoms with Crippen LogP contribution in [-0.2, 0) is 5.41 Å². The highest BCUT2D eigenvalue weighted by molar-refractivity contribution is 5.76. The molecule has 0 N–H and O–H groups in total. The Morgan fingerprint density at radius 2 is 1.50 bits per heavy atom. The number of para-hydroxylation sites is 2. The maximum absolute atomic E-state index is 4.88. The van der Waals surface area contributed by atoms with Crippen LogP contribution in [0.5, 0.6) is 0 Å². The van der Waals surface area contributed by atoms with Crippen LogP contribution in [0.15, 0.2) is 73.1 Å². The number of anilines is 1. The fourth-order valence-electron chi connectivity index (χ4n) is 7.85. The molecule has 2 bridgehead atoms. The van der Waals surface area contributed by atoms with Crippen LogP contribution in [0.4, 0.5) is 5.95 Å². The van der Waals surface area contributed by atoms with E-state index in [0.29, 0.717) is 18.1 Å². The molecule has 38 heavy (non-hydrogen) atoms. The molecule has 5 heterocycles. The molecule has 6 nitrogen and oxygen atoms in total. The van der Waals surface area contributed by atoms with Crippen molar-refractivity contribution in [1.29, 1.82) is 0 Å². The van der Waals surface area contributed by atoms with E-state index in [1.54, 1.807) is 0 Å². The first kappa shape index (κ1) is 23.8. The fourth-order valence-corrected chi connectivity index (χ4v) is 7.85. The zero-order chi connectivity index (χ0) is 25.5. The van der Waals surface area contributed by atoms with Crippen molar-refractivity contribution in [2.45, 2.75) is 75.4 Å². The van der Waals surface area contributed by atoms with Gasteiger partial charge in [-0.1, -0.05) is 42.5 Å². The Labute approximate surface area is 225 Å². The number of rotatable bonds is 6. The summed E-state index contributed by atoms with van der Waals surface area (Å²) in [4.78, 5) is 19.2. The minimum atomic E-state index is 0.222. The Bertz CT molecular complexity index is 1360. The molecule has 3 aliphatic rings. The molecule has 196 valence electrons. The Balaban J connectivity index is 1.08. The van der Waals surface area contributed by atoms with Crippen molar-refractivity contribution in [3.05, 3.63) is 84.4 Å². The zero-order valence-corrected chi connectivity index (χ0v) is 22.4. The number of piperidine rings is 2. The van der Waals surface area contributed by atoms with E-state index >= 15 is 0 Å². The van der Waals surface area contributed by atoms with Gasteiger partial charge in [-0.25, -0.2) is 15.0 Å². The summed E-state index contributed by atoms with van der Waals surface area (Å²) < 4.78 is 2.55. The van der Waals surface area contributed by atoms with E-state index in [4.69, 9.17) is 4.98 Å². The smallest absolute Gasteiger partial charge is 0.225 e. The van der Waals surface area contributed by atoms with Gasteiger partial charge < -0.3 is 9.47 Å². The maximum Gasteiger partial charge on any atom is 0.225 e. The third-order valence-electron chi connectivity index (χ3n) is 9.79. The van der Waals surface area contributed by atoms with Gasteiger partial charge >= 0.3 is 0 Å². The van der Waals surface area contributed by atoms with Gasteiger partial charge in [0.05, 0.1) is 11.0 Å². The predicted molar refractivity (Wildman–Crippen MR) is 152 cm³/mol. The molecule has 0 saturated carbocycles. The Morgan fingerprint density at radius 1 is 0.816 bits per heavy atom. The van der Waals surface area contributed by atoms with Gasteiger partial charge in [0.25, 0.3) is 0 Å². The highest BCUT2D eigenvalue weighted by atomic mass is 15.3. The Hall–Kier alpha value is -3.25. The first-order chi connectivity index (χ1) is 18.7.